The highest BCUT2D eigenvalue weighted by Gasteiger charge is 2.34. The Morgan fingerprint density at radius 3 is 2.67 bits per heavy atom. The molecule has 3 heterocycles. The number of furan rings is 1. The lowest BCUT2D eigenvalue weighted by atomic mass is 10.0. The number of imide groups is 2. The van der Waals surface area contributed by atoms with Crippen molar-refractivity contribution in [3.8, 4) is 0 Å². The monoisotopic (exact) mass is 367 g/mol. The number of amides is 4. The molecule has 0 spiro atoms. The Morgan fingerprint density at radius 1 is 1.11 bits per heavy atom. The fourth-order valence-corrected chi connectivity index (χ4v) is 3.46. The van der Waals surface area contributed by atoms with Crippen LogP contribution in [0.1, 0.15) is 44.9 Å². The molecular weight excluding hydrogens is 350 g/mol. The van der Waals surface area contributed by atoms with Gasteiger partial charge in [0.1, 0.15) is 0 Å². The topological polar surface area (TPSA) is 109 Å². The van der Waals surface area contributed by atoms with Gasteiger partial charge in [0.25, 0.3) is 11.8 Å². The highest BCUT2D eigenvalue weighted by Crippen LogP contribution is 2.28. The summed E-state index contributed by atoms with van der Waals surface area (Å²) in [5.74, 6) is -1.57. The van der Waals surface area contributed by atoms with Gasteiger partial charge in [-0.25, -0.2) is 0 Å². The first-order valence-electron chi connectivity index (χ1n) is 8.60. The van der Waals surface area contributed by atoms with Crippen molar-refractivity contribution in [2.45, 2.75) is 32.0 Å². The van der Waals surface area contributed by atoms with E-state index >= 15 is 0 Å². The minimum atomic E-state index is -0.601. The molecule has 0 aliphatic carbocycles. The van der Waals surface area contributed by atoms with Crippen molar-refractivity contribution in [1.82, 2.24) is 15.5 Å². The van der Waals surface area contributed by atoms with Gasteiger partial charge in [0.15, 0.2) is 5.76 Å². The first-order chi connectivity index (χ1) is 13.0. The number of hydrogen-bond donors (Lipinski definition) is 2. The van der Waals surface area contributed by atoms with Crippen LogP contribution in [0, 0.1) is 0 Å². The molecule has 4 rings (SSSR count). The molecule has 1 unspecified atom stereocenters. The molecule has 138 valence electrons. The van der Waals surface area contributed by atoms with E-state index < -0.39 is 11.8 Å². The highest BCUT2D eigenvalue weighted by molar-refractivity contribution is 6.09. The van der Waals surface area contributed by atoms with E-state index in [1.807, 2.05) is 11.0 Å². The molecule has 8 nitrogen and oxygen atoms in total. The quantitative estimate of drug-likeness (QED) is 0.783. The second-order valence-corrected chi connectivity index (χ2v) is 6.62. The summed E-state index contributed by atoms with van der Waals surface area (Å²) in [5.41, 5.74) is 2.31. The Bertz CT molecular complexity index is 935. The molecule has 27 heavy (non-hydrogen) atoms. The lowest BCUT2D eigenvalue weighted by molar-refractivity contribution is -0.137. The van der Waals surface area contributed by atoms with Gasteiger partial charge in [-0.05, 0) is 41.8 Å². The first-order valence-corrected chi connectivity index (χ1v) is 8.60. The van der Waals surface area contributed by atoms with E-state index in [0.29, 0.717) is 31.5 Å². The predicted octanol–water partition coefficient (Wildman–Crippen LogP) is 0.971. The largest absolute Gasteiger partial charge is 0.459 e. The summed E-state index contributed by atoms with van der Waals surface area (Å²) in [6.07, 6.45) is 2.17. The lowest BCUT2D eigenvalue weighted by Gasteiger charge is -2.29. The number of hydrogen-bond acceptors (Lipinski definition) is 6. The number of rotatable bonds is 3. The van der Waals surface area contributed by atoms with E-state index in [1.165, 1.54) is 12.3 Å². The van der Waals surface area contributed by atoms with Gasteiger partial charge in [-0.2, -0.15) is 0 Å². The van der Waals surface area contributed by atoms with Crippen LogP contribution in [0.5, 0.6) is 0 Å². The Balaban J connectivity index is 1.45. The van der Waals surface area contributed by atoms with E-state index in [0.717, 1.165) is 11.1 Å². The fraction of sp³-hybridized carbons (Fsp3) is 0.263. The molecule has 2 aromatic rings. The number of carbonyl (C=O) groups is 4. The molecule has 4 amide bonds. The van der Waals surface area contributed by atoms with Gasteiger partial charge in [-0.1, -0.05) is 6.07 Å². The fourth-order valence-electron chi connectivity index (χ4n) is 3.46. The number of nitrogens with zero attached hydrogens (tertiary/aromatic N) is 1. The van der Waals surface area contributed by atoms with Crippen LogP contribution < -0.4 is 10.6 Å². The minimum absolute atomic E-state index is 0.0635. The van der Waals surface area contributed by atoms with Crippen molar-refractivity contribution in [2.75, 3.05) is 0 Å². The van der Waals surface area contributed by atoms with E-state index in [9.17, 15) is 19.2 Å². The summed E-state index contributed by atoms with van der Waals surface area (Å²) in [6.45, 7) is 1.09. The first kappa shape index (κ1) is 17.2. The normalized spacial score (nSPS) is 19.5. The molecule has 1 aromatic carbocycles. The second-order valence-electron chi connectivity index (χ2n) is 6.62. The summed E-state index contributed by atoms with van der Waals surface area (Å²) < 4.78 is 4.97. The summed E-state index contributed by atoms with van der Waals surface area (Å²) >= 11 is 0. The van der Waals surface area contributed by atoms with Crippen LogP contribution in [0.15, 0.2) is 41.0 Å². The van der Waals surface area contributed by atoms with Crippen molar-refractivity contribution in [1.29, 1.82) is 0 Å². The molecule has 1 fully saturated rings. The molecule has 2 N–H and O–H groups in total. The van der Waals surface area contributed by atoms with Crippen molar-refractivity contribution in [3.63, 3.8) is 0 Å². The van der Waals surface area contributed by atoms with Gasteiger partial charge in [0.2, 0.25) is 11.8 Å². The minimum Gasteiger partial charge on any atom is -0.459 e. The summed E-state index contributed by atoms with van der Waals surface area (Å²) in [6, 6.07) is 7.89. The van der Waals surface area contributed by atoms with Crippen LogP contribution in [0.25, 0.3) is 0 Å². The molecule has 0 bridgehead atoms. The maximum absolute atomic E-state index is 12.3. The predicted molar refractivity (Wildman–Crippen MR) is 92.4 cm³/mol. The van der Waals surface area contributed by atoms with Crippen LogP contribution in [0.2, 0.25) is 0 Å². The summed E-state index contributed by atoms with van der Waals surface area (Å²) in [4.78, 5) is 49.6. The molecular formula is C19H17N3O5. The second kappa shape index (κ2) is 6.81. The van der Waals surface area contributed by atoms with Gasteiger partial charge in [-0.15, -0.1) is 0 Å². The summed E-state index contributed by atoms with van der Waals surface area (Å²) in [5, 5.41) is 4.66. The Hall–Kier alpha value is -3.26. The van der Waals surface area contributed by atoms with Crippen LogP contribution >= 0.6 is 0 Å². The lowest BCUT2D eigenvalue weighted by Crippen LogP contribution is -2.50. The maximum atomic E-state index is 12.3. The molecule has 2 aliphatic heterocycles. The van der Waals surface area contributed by atoms with Gasteiger partial charge >= 0.3 is 0 Å². The van der Waals surface area contributed by atoms with Gasteiger partial charge in [0, 0.05) is 25.1 Å². The molecule has 1 saturated heterocycles. The molecule has 0 saturated carbocycles. The van der Waals surface area contributed by atoms with Crippen LogP contribution in [0.4, 0.5) is 0 Å². The van der Waals surface area contributed by atoms with E-state index in [1.54, 1.807) is 18.2 Å². The zero-order valence-corrected chi connectivity index (χ0v) is 14.4. The number of nitrogens with one attached hydrogen (secondary N) is 2. The van der Waals surface area contributed by atoms with Crippen molar-refractivity contribution >= 4 is 23.6 Å². The van der Waals surface area contributed by atoms with Gasteiger partial charge in [-0.3, -0.25) is 34.7 Å². The number of carbonyl (C=O) groups excluding carboxylic acids is 4. The Labute approximate surface area is 154 Å². The number of benzene rings is 1. The zero-order chi connectivity index (χ0) is 19.0. The summed E-state index contributed by atoms with van der Waals surface area (Å²) in [7, 11) is 0. The molecule has 0 radical (unpaired) electrons. The number of piperidine rings is 1. The maximum Gasteiger partial charge on any atom is 0.293 e. The number of fused-ring (bicyclic) bond motifs is 1. The van der Waals surface area contributed by atoms with Crippen LogP contribution in [-0.4, -0.2) is 34.6 Å². The van der Waals surface area contributed by atoms with E-state index in [-0.39, 0.29) is 23.6 Å². The average Bonchev–Trinajstić information content (AvgIpc) is 3.30. The van der Waals surface area contributed by atoms with Gasteiger partial charge < -0.3 is 4.42 Å². The molecule has 1 atom stereocenters. The Kier molecular flexibility index (Phi) is 4.33. The third-order valence-electron chi connectivity index (χ3n) is 4.84. The standard InChI is InChI=1S/C19H17N3O5/c23-16-6-5-14(18(25)20-16)22-9-12-4-3-11(8-13(12)10-22)17(24)21-19(26)15-2-1-7-27-15/h1-4,7-8,14H,5-6,9-10H2,(H,20,23,25)(H,21,24,26). The van der Waals surface area contributed by atoms with E-state index in [4.69, 9.17) is 4.42 Å². The third kappa shape index (κ3) is 3.39. The SMILES string of the molecule is O=C1CCC(N2Cc3ccc(C(=O)NC(=O)c4ccco4)cc3C2)C(=O)N1. The van der Waals surface area contributed by atoms with E-state index in [2.05, 4.69) is 10.6 Å². The smallest absolute Gasteiger partial charge is 0.293 e. The molecule has 8 heteroatoms. The zero-order valence-electron chi connectivity index (χ0n) is 14.4. The Morgan fingerprint density at radius 2 is 1.93 bits per heavy atom. The van der Waals surface area contributed by atoms with Crippen LogP contribution in [0.3, 0.4) is 0 Å². The molecule has 1 aromatic heterocycles. The molecule has 2 aliphatic rings. The average molecular weight is 367 g/mol. The third-order valence-corrected chi connectivity index (χ3v) is 4.84. The van der Waals surface area contributed by atoms with Crippen molar-refractivity contribution in [2.24, 2.45) is 0 Å². The van der Waals surface area contributed by atoms with Crippen molar-refractivity contribution in [3.05, 3.63) is 59.0 Å². The van der Waals surface area contributed by atoms with Crippen LogP contribution in [-0.2, 0) is 22.7 Å². The highest BCUT2D eigenvalue weighted by atomic mass is 16.3. The van der Waals surface area contributed by atoms with Gasteiger partial charge in [0.05, 0.1) is 12.3 Å². The van der Waals surface area contributed by atoms with Crippen molar-refractivity contribution < 1.29 is 23.6 Å².